The molecule has 1 aromatic carbocycles. The molecule has 2 amide bonds. The van der Waals surface area contributed by atoms with Crippen LogP contribution >= 0.6 is 0 Å². The van der Waals surface area contributed by atoms with Gasteiger partial charge in [-0.1, -0.05) is 17.9 Å². The Morgan fingerprint density at radius 3 is 2.75 bits per heavy atom. The molecule has 1 aromatic rings. The molecule has 20 heavy (non-hydrogen) atoms. The molecular formula is C15H18N2O3. The van der Waals surface area contributed by atoms with Crippen LogP contribution < -0.4 is 5.32 Å². The lowest BCUT2D eigenvalue weighted by Crippen LogP contribution is -2.36. The predicted molar refractivity (Wildman–Crippen MR) is 76.1 cm³/mol. The molecule has 2 N–H and O–H groups in total. The first-order valence-corrected chi connectivity index (χ1v) is 6.22. The molecule has 0 aliphatic heterocycles. The molecule has 0 radical (unpaired) electrons. The molecule has 0 unspecified atom stereocenters. The Morgan fingerprint density at radius 1 is 1.35 bits per heavy atom. The normalized spacial score (nSPS) is 9.35. The number of carbonyl (C=O) groups is 2. The zero-order chi connectivity index (χ0) is 15.0. The van der Waals surface area contributed by atoms with E-state index in [2.05, 4.69) is 17.2 Å². The van der Waals surface area contributed by atoms with Gasteiger partial charge in [0, 0.05) is 31.6 Å². The lowest BCUT2D eigenvalue weighted by Gasteiger charge is -2.10. The number of amides is 2. The highest BCUT2D eigenvalue weighted by molar-refractivity contribution is 5.96. The van der Waals surface area contributed by atoms with Gasteiger partial charge in [0.25, 0.3) is 5.91 Å². The summed E-state index contributed by atoms with van der Waals surface area (Å²) in [6.45, 7) is -0.0218. The number of rotatable bonds is 4. The summed E-state index contributed by atoms with van der Waals surface area (Å²) in [5.74, 6) is 5.17. The summed E-state index contributed by atoms with van der Waals surface area (Å²) < 4.78 is 0. The lowest BCUT2D eigenvalue weighted by molar-refractivity contribution is -0.127. The maximum absolute atomic E-state index is 11.9. The second-order valence-electron chi connectivity index (χ2n) is 4.33. The predicted octanol–water partition coefficient (Wildman–Crippen LogP) is 0.238. The van der Waals surface area contributed by atoms with Gasteiger partial charge in [0.15, 0.2) is 0 Å². The van der Waals surface area contributed by atoms with E-state index in [9.17, 15) is 9.59 Å². The average molecular weight is 274 g/mol. The third kappa shape index (κ3) is 5.12. The molecule has 1 rings (SSSR count). The van der Waals surface area contributed by atoms with E-state index < -0.39 is 0 Å². The van der Waals surface area contributed by atoms with Gasteiger partial charge in [-0.3, -0.25) is 9.59 Å². The van der Waals surface area contributed by atoms with Gasteiger partial charge in [-0.05, 0) is 18.2 Å². The molecule has 0 atom stereocenters. The van der Waals surface area contributed by atoms with Crippen LogP contribution in [0.15, 0.2) is 24.3 Å². The van der Waals surface area contributed by atoms with Crippen molar-refractivity contribution in [3.63, 3.8) is 0 Å². The van der Waals surface area contributed by atoms with Gasteiger partial charge in [0.05, 0.1) is 13.2 Å². The van der Waals surface area contributed by atoms with Crippen LogP contribution in [0.1, 0.15) is 22.3 Å². The summed E-state index contributed by atoms with van der Waals surface area (Å²) >= 11 is 0. The number of aliphatic hydroxyl groups is 1. The molecule has 0 fully saturated rings. The number of nitrogens with one attached hydrogen (secondary N) is 1. The molecule has 0 aliphatic carbocycles. The first-order chi connectivity index (χ1) is 9.54. The Morgan fingerprint density at radius 2 is 2.10 bits per heavy atom. The van der Waals surface area contributed by atoms with Gasteiger partial charge in [0.1, 0.15) is 0 Å². The Bertz CT molecular complexity index is 542. The van der Waals surface area contributed by atoms with Crippen LogP contribution in [0, 0.1) is 11.8 Å². The van der Waals surface area contributed by atoms with Crippen molar-refractivity contribution in [2.75, 3.05) is 27.2 Å². The maximum Gasteiger partial charge on any atom is 0.251 e. The van der Waals surface area contributed by atoms with Crippen molar-refractivity contribution in [1.82, 2.24) is 10.2 Å². The topological polar surface area (TPSA) is 69.6 Å². The monoisotopic (exact) mass is 274 g/mol. The molecule has 0 heterocycles. The summed E-state index contributed by atoms with van der Waals surface area (Å²) in [5.41, 5.74) is 1.15. The third-order valence-electron chi connectivity index (χ3n) is 2.49. The second-order valence-corrected chi connectivity index (χ2v) is 4.33. The van der Waals surface area contributed by atoms with E-state index in [0.29, 0.717) is 17.5 Å². The maximum atomic E-state index is 11.9. The smallest absolute Gasteiger partial charge is 0.251 e. The van der Waals surface area contributed by atoms with E-state index in [4.69, 9.17) is 5.11 Å². The summed E-state index contributed by atoms with van der Waals surface area (Å²) in [5, 5.41) is 11.2. The molecule has 0 saturated heterocycles. The van der Waals surface area contributed by atoms with E-state index in [-0.39, 0.29) is 25.0 Å². The minimum Gasteiger partial charge on any atom is -0.395 e. The molecule has 5 heteroatoms. The largest absolute Gasteiger partial charge is 0.395 e. The molecule has 5 nitrogen and oxygen atoms in total. The van der Waals surface area contributed by atoms with Crippen molar-refractivity contribution in [2.24, 2.45) is 0 Å². The van der Waals surface area contributed by atoms with E-state index in [1.165, 1.54) is 4.90 Å². The highest BCUT2D eigenvalue weighted by Gasteiger charge is 2.09. The summed E-state index contributed by atoms with van der Waals surface area (Å²) in [7, 11) is 3.26. The quantitative estimate of drug-likeness (QED) is 0.773. The van der Waals surface area contributed by atoms with Crippen molar-refractivity contribution < 1.29 is 14.7 Å². The number of nitrogens with zero attached hydrogens (tertiary/aromatic N) is 1. The molecule has 0 aromatic heterocycles. The number of carbonyl (C=O) groups excluding carboxylic acids is 2. The van der Waals surface area contributed by atoms with Crippen molar-refractivity contribution in [3.8, 4) is 11.8 Å². The lowest BCUT2D eigenvalue weighted by atomic mass is 10.1. The Labute approximate surface area is 118 Å². The standard InChI is InChI=1S/C15H18N2O3/c1-17(2)14(19)11-16-15(20)13-8-5-7-12(10-13)6-3-4-9-18/h5,7-8,10,18H,4,9,11H2,1-2H3,(H,16,20). The van der Waals surface area contributed by atoms with Crippen LogP contribution in [0.3, 0.4) is 0 Å². The van der Waals surface area contributed by atoms with Gasteiger partial charge >= 0.3 is 0 Å². The van der Waals surface area contributed by atoms with Gasteiger partial charge < -0.3 is 15.3 Å². The fourth-order valence-electron chi connectivity index (χ4n) is 1.37. The first kappa shape index (κ1) is 15.7. The highest BCUT2D eigenvalue weighted by atomic mass is 16.2. The number of aliphatic hydroxyl groups excluding tert-OH is 1. The van der Waals surface area contributed by atoms with Gasteiger partial charge in [-0.2, -0.15) is 0 Å². The van der Waals surface area contributed by atoms with E-state index in [1.807, 2.05) is 0 Å². The van der Waals surface area contributed by atoms with Gasteiger partial charge in [-0.15, -0.1) is 0 Å². The molecular weight excluding hydrogens is 256 g/mol. The Balaban J connectivity index is 2.67. The minimum absolute atomic E-state index is 0.0137. The second kappa shape index (κ2) is 7.97. The fraction of sp³-hybridized carbons (Fsp3) is 0.333. The van der Waals surface area contributed by atoms with E-state index >= 15 is 0 Å². The van der Waals surface area contributed by atoms with Crippen LogP contribution in [-0.2, 0) is 4.79 Å². The van der Waals surface area contributed by atoms with Crippen LogP contribution in [0.2, 0.25) is 0 Å². The van der Waals surface area contributed by atoms with E-state index in [1.54, 1.807) is 38.4 Å². The number of hydrogen-bond acceptors (Lipinski definition) is 3. The summed E-state index contributed by atoms with van der Waals surface area (Å²) in [4.78, 5) is 24.7. The van der Waals surface area contributed by atoms with Gasteiger partial charge in [0.2, 0.25) is 5.91 Å². The molecule has 0 saturated carbocycles. The third-order valence-corrected chi connectivity index (χ3v) is 2.49. The van der Waals surface area contributed by atoms with Crippen molar-refractivity contribution >= 4 is 11.8 Å². The molecule has 106 valence electrons. The van der Waals surface area contributed by atoms with Crippen LogP contribution in [0.5, 0.6) is 0 Å². The van der Waals surface area contributed by atoms with Crippen molar-refractivity contribution in [1.29, 1.82) is 0 Å². The SMILES string of the molecule is CN(C)C(=O)CNC(=O)c1cccc(C#CCCO)c1. The first-order valence-electron chi connectivity index (χ1n) is 6.22. The molecule has 0 bridgehead atoms. The number of hydrogen-bond donors (Lipinski definition) is 2. The zero-order valence-corrected chi connectivity index (χ0v) is 11.6. The zero-order valence-electron chi connectivity index (χ0n) is 11.6. The van der Waals surface area contributed by atoms with Crippen LogP contribution in [-0.4, -0.2) is 49.1 Å². The highest BCUT2D eigenvalue weighted by Crippen LogP contribution is 2.04. The minimum atomic E-state index is -0.314. The summed E-state index contributed by atoms with van der Waals surface area (Å²) in [6, 6.07) is 6.82. The molecule has 0 spiro atoms. The van der Waals surface area contributed by atoms with Crippen LogP contribution in [0.25, 0.3) is 0 Å². The number of benzene rings is 1. The van der Waals surface area contributed by atoms with E-state index in [0.717, 1.165) is 0 Å². The Hall–Kier alpha value is -2.32. The average Bonchev–Trinajstić information content (AvgIpc) is 2.44. The van der Waals surface area contributed by atoms with Gasteiger partial charge in [-0.25, -0.2) is 0 Å². The van der Waals surface area contributed by atoms with Crippen molar-refractivity contribution in [2.45, 2.75) is 6.42 Å². The van der Waals surface area contributed by atoms with Crippen LogP contribution in [0.4, 0.5) is 0 Å². The van der Waals surface area contributed by atoms with Crippen molar-refractivity contribution in [3.05, 3.63) is 35.4 Å². The number of likely N-dealkylation sites (N-methyl/N-ethyl adjacent to an activating group) is 1. The summed E-state index contributed by atoms with van der Waals surface area (Å²) in [6.07, 6.45) is 0.397. The Kier molecular flexibility index (Phi) is 6.27. The molecule has 0 aliphatic rings. The fourth-order valence-corrected chi connectivity index (χ4v) is 1.37.